The van der Waals surface area contributed by atoms with Gasteiger partial charge in [0.15, 0.2) is 5.13 Å². The van der Waals surface area contributed by atoms with Crippen molar-refractivity contribution in [3.63, 3.8) is 0 Å². The van der Waals surface area contributed by atoms with Gasteiger partial charge in [-0.2, -0.15) is 0 Å². The molecule has 1 saturated carbocycles. The van der Waals surface area contributed by atoms with Crippen LogP contribution in [0.5, 0.6) is 0 Å². The number of hydrogen-bond acceptors (Lipinski definition) is 6. The van der Waals surface area contributed by atoms with Gasteiger partial charge in [0.2, 0.25) is 0 Å². The van der Waals surface area contributed by atoms with Crippen LogP contribution >= 0.6 is 11.3 Å². The van der Waals surface area contributed by atoms with E-state index < -0.39 is 0 Å². The second-order valence-electron chi connectivity index (χ2n) is 5.46. The van der Waals surface area contributed by atoms with E-state index in [1.165, 1.54) is 11.3 Å². The molecule has 0 aromatic carbocycles. The number of anilines is 2. The Labute approximate surface area is 116 Å². The molecule has 0 unspecified atom stereocenters. The van der Waals surface area contributed by atoms with E-state index in [1.54, 1.807) is 0 Å². The Balaban J connectivity index is 1.74. The third kappa shape index (κ3) is 2.66. The molecule has 104 valence electrons. The number of rotatable bonds is 3. The normalized spacial score (nSPS) is 21.2. The van der Waals surface area contributed by atoms with E-state index in [-0.39, 0.29) is 11.4 Å². The van der Waals surface area contributed by atoms with Crippen LogP contribution in [0, 0.1) is 0 Å². The fourth-order valence-electron chi connectivity index (χ4n) is 2.12. The van der Waals surface area contributed by atoms with Crippen molar-refractivity contribution in [3.05, 3.63) is 4.88 Å². The van der Waals surface area contributed by atoms with Crippen molar-refractivity contribution in [3.8, 4) is 0 Å². The van der Waals surface area contributed by atoms with Crippen LogP contribution in [0.25, 0.3) is 0 Å². The van der Waals surface area contributed by atoms with Gasteiger partial charge in [-0.3, -0.25) is 4.79 Å². The Bertz CT molecular complexity index is 490. The lowest BCUT2D eigenvalue weighted by Gasteiger charge is -2.26. The summed E-state index contributed by atoms with van der Waals surface area (Å²) >= 11 is 1.39. The summed E-state index contributed by atoms with van der Waals surface area (Å²) in [6, 6.07) is 0. The molecule has 1 amide bonds. The smallest absolute Gasteiger partial charge is 0.265 e. The van der Waals surface area contributed by atoms with Gasteiger partial charge < -0.3 is 21.3 Å². The van der Waals surface area contributed by atoms with E-state index in [1.807, 2.05) is 0 Å². The average molecular weight is 281 g/mol. The van der Waals surface area contributed by atoms with E-state index in [4.69, 9.17) is 5.73 Å². The minimum atomic E-state index is -0.0867. The molecule has 1 aliphatic heterocycles. The summed E-state index contributed by atoms with van der Waals surface area (Å²) in [6.07, 6.45) is 2.09. The number of carbonyl (C=O) groups excluding carboxylic acids is 1. The number of nitrogen functional groups attached to an aromatic ring is 1. The number of amides is 1. The maximum Gasteiger partial charge on any atom is 0.265 e. The lowest BCUT2D eigenvalue weighted by molar-refractivity contribution is 0.0940. The Morgan fingerprint density at radius 2 is 2.16 bits per heavy atom. The topological polar surface area (TPSA) is 83.3 Å². The first-order valence-corrected chi connectivity index (χ1v) is 7.44. The van der Waals surface area contributed by atoms with Gasteiger partial charge in [-0.1, -0.05) is 11.3 Å². The highest BCUT2D eigenvalue weighted by molar-refractivity contribution is 7.18. The van der Waals surface area contributed by atoms with Crippen LogP contribution in [0.2, 0.25) is 0 Å². The highest BCUT2D eigenvalue weighted by atomic mass is 32.1. The van der Waals surface area contributed by atoms with Crippen LogP contribution in [0.3, 0.4) is 0 Å². The van der Waals surface area contributed by atoms with Crippen LogP contribution in [0.4, 0.5) is 10.9 Å². The Hall–Kier alpha value is -1.34. The molecule has 0 bridgehead atoms. The number of nitrogens with zero attached hydrogens (tertiary/aromatic N) is 2. The molecule has 1 aromatic rings. The number of piperazine rings is 1. The quantitative estimate of drug-likeness (QED) is 0.748. The summed E-state index contributed by atoms with van der Waals surface area (Å²) in [5.74, 6) is 0.261. The Morgan fingerprint density at radius 3 is 2.79 bits per heavy atom. The zero-order valence-electron chi connectivity index (χ0n) is 11.0. The van der Waals surface area contributed by atoms with E-state index in [0.29, 0.717) is 10.7 Å². The predicted octanol–water partition coefficient (Wildman–Crippen LogP) is 0.417. The van der Waals surface area contributed by atoms with Crippen molar-refractivity contribution in [1.29, 1.82) is 0 Å². The first kappa shape index (κ1) is 12.7. The average Bonchev–Trinajstić information content (AvgIpc) is 2.99. The van der Waals surface area contributed by atoms with Crippen molar-refractivity contribution in [1.82, 2.24) is 15.6 Å². The second kappa shape index (κ2) is 4.64. The molecule has 1 aromatic heterocycles. The molecular weight excluding hydrogens is 262 g/mol. The molecule has 6 nitrogen and oxygen atoms in total. The summed E-state index contributed by atoms with van der Waals surface area (Å²) < 4.78 is 0. The fraction of sp³-hybridized carbons (Fsp3) is 0.667. The van der Waals surface area contributed by atoms with Gasteiger partial charge in [-0.15, -0.1) is 0 Å². The molecule has 1 saturated heterocycles. The predicted molar refractivity (Wildman–Crippen MR) is 76.7 cm³/mol. The zero-order valence-corrected chi connectivity index (χ0v) is 11.8. The van der Waals surface area contributed by atoms with Crippen LogP contribution in [-0.2, 0) is 0 Å². The van der Waals surface area contributed by atoms with Gasteiger partial charge >= 0.3 is 0 Å². The monoisotopic (exact) mass is 281 g/mol. The lowest BCUT2D eigenvalue weighted by atomic mass is 10.3. The number of nitrogens with two attached hydrogens (primary N) is 1. The maximum absolute atomic E-state index is 12.2. The summed E-state index contributed by atoms with van der Waals surface area (Å²) in [5, 5.41) is 7.17. The number of thiazole rings is 1. The fourth-order valence-corrected chi connectivity index (χ4v) is 3.05. The van der Waals surface area contributed by atoms with Crippen LogP contribution in [0.15, 0.2) is 0 Å². The van der Waals surface area contributed by atoms with Crippen LogP contribution in [0.1, 0.15) is 29.4 Å². The minimum Gasteiger partial charge on any atom is -0.382 e. The van der Waals surface area contributed by atoms with E-state index >= 15 is 0 Å². The zero-order chi connectivity index (χ0) is 13.5. The lowest BCUT2D eigenvalue weighted by Crippen LogP contribution is -2.43. The molecule has 3 rings (SSSR count). The number of aromatic nitrogens is 1. The minimum absolute atomic E-state index is 0.0251. The van der Waals surface area contributed by atoms with Crippen molar-refractivity contribution in [2.45, 2.75) is 25.3 Å². The van der Waals surface area contributed by atoms with Crippen LogP contribution in [-0.4, -0.2) is 42.6 Å². The molecule has 0 spiro atoms. The highest BCUT2D eigenvalue weighted by Gasteiger charge is 2.39. The molecule has 7 heteroatoms. The van der Waals surface area contributed by atoms with Crippen molar-refractivity contribution in [2.75, 3.05) is 36.8 Å². The molecule has 0 atom stereocenters. The van der Waals surface area contributed by atoms with E-state index in [2.05, 4.69) is 27.4 Å². The third-order valence-electron chi connectivity index (χ3n) is 3.65. The van der Waals surface area contributed by atoms with Gasteiger partial charge in [0, 0.05) is 31.7 Å². The first-order chi connectivity index (χ1) is 9.07. The van der Waals surface area contributed by atoms with Gasteiger partial charge in [-0.05, 0) is 19.8 Å². The van der Waals surface area contributed by atoms with E-state index in [9.17, 15) is 4.79 Å². The molecule has 2 fully saturated rings. The molecular formula is C12H19N5OS. The molecule has 1 aliphatic carbocycles. The van der Waals surface area contributed by atoms with Crippen molar-refractivity contribution >= 4 is 28.2 Å². The van der Waals surface area contributed by atoms with Gasteiger partial charge in [0.25, 0.3) is 5.91 Å². The number of nitrogens with one attached hydrogen (secondary N) is 2. The second-order valence-corrected chi connectivity index (χ2v) is 6.44. The molecule has 19 heavy (non-hydrogen) atoms. The summed E-state index contributed by atoms with van der Waals surface area (Å²) in [7, 11) is 0. The standard InChI is InChI=1S/C12H19N5OS/c1-12(2-3-12)16-10(18)8-9(13)15-11(19-8)17-6-4-14-5-7-17/h14H,2-7,13H2,1H3,(H,16,18). The van der Waals surface area contributed by atoms with Gasteiger partial charge in [-0.25, -0.2) is 4.98 Å². The first-order valence-electron chi connectivity index (χ1n) is 6.62. The summed E-state index contributed by atoms with van der Waals surface area (Å²) in [4.78, 5) is 19.2. The summed E-state index contributed by atoms with van der Waals surface area (Å²) in [5.41, 5.74) is 5.86. The Kier molecular flexibility index (Phi) is 3.10. The highest BCUT2D eigenvalue weighted by Crippen LogP contribution is 2.36. The number of carbonyl (C=O) groups is 1. The molecule has 4 N–H and O–H groups in total. The maximum atomic E-state index is 12.2. The molecule has 2 aliphatic rings. The van der Waals surface area contributed by atoms with Crippen LogP contribution < -0.4 is 21.3 Å². The summed E-state index contributed by atoms with van der Waals surface area (Å²) in [6.45, 7) is 5.76. The van der Waals surface area contributed by atoms with Gasteiger partial charge in [0.05, 0.1) is 0 Å². The number of hydrogen-bond donors (Lipinski definition) is 3. The molecule has 2 heterocycles. The SMILES string of the molecule is CC1(NC(=O)c2sc(N3CCNCC3)nc2N)CC1. The van der Waals surface area contributed by atoms with Crippen molar-refractivity contribution < 1.29 is 4.79 Å². The van der Waals surface area contributed by atoms with E-state index in [0.717, 1.165) is 44.2 Å². The van der Waals surface area contributed by atoms with Gasteiger partial charge in [0.1, 0.15) is 10.7 Å². The third-order valence-corrected chi connectivity index (χ3v) is 4.78. The largest absolute Gasteiger partial charge is 0.382 e. The van der Waals surface area contributed by atoms with Crippen molar-refractivity contribution in [2.24, 2.45) is 0 Å². The molecule has 0 radical (unpaired) electrons. The Morgan fingerprint density at radius 1 is 1.47 bits per heavy atom.